The van der Waals surface area contributed by atoms with Crippen LogP contribution in [-0.4, -0.2) is 29.9 Å². The lowest BCUT2D eigenvalue weighted by Gasteiger charge is -2.16. The van der Waals surface area contributed by atoms with Crippen LogP contribution in [0.2, 0.25) is 0 Å². The molecule has 2 aliphatic heterocycles. The lowest BCUT2D eigenvalue weighted by Crippen LogP contribution is -2.22. The molecule has 0 saturated carbocycles. The third kappa shape index (κ3) is 3.15. The molecule has 2 saturated heterocycles. The molecule has 0 aromatic carbocycles. The quantitative estimate of drug-likeness (QED) is 0.565. The summed E-state index contributed by atoms with van der Waals surface area (Å²) in [4.78, 5) is 34.5. The van der Waals surface area contributed by atoms with Crippen molar-refractivity contribution in [3.05, 3.63) is 24.3 Å². The standard InChI is InChI=1S/C15H18O5/c1-8(4-11-5-9(2)14(17)19-11)13(16)7-12-6-10(3)15(18)20-12/h8,11-12H,2-7H2,1H3. The Morgan fingerprint density at radius 1 is 1.15 bits per heavy atom. The maximum Gasteiger partial charge on any atom is 0.333 e. The number of Topliss-reactive ketones (excluding diaryl/α,β-unsaturated/α-hetero) is 1. The molecule has 2 fully saturated rings. The van der Waals surface area contributed by atoms with E-state index in [2.05, 4.69) is 13.2 Å². The van der Waals surface area contributed by atoms with E-state index in [1.165, 1.54) is 0 Å². The van der Waals surface area contributed by atoms with Crippen molar-refractivity contribution >= 4 is 17.7 Å². The van der Waals surface area contributed by atoms with Crippen LogP contribution in [0.3, 0.4) is 0 Å². The molecule has 0 aromatic rings. The second-order valence-electron chi connectivity index (χ2n) is 5.48. The van der Waals surface area contributed by atoms with Crippen LogP contribution in [0.5, 0.6) is 0 Å². The van der Waals surface area contributed by atoms with Crippen LogP contribution in [0, 0.1) is 5.92 Å². The summed E-state index contributed by atoms with van der Waals surface area (Å²) in [5.41, 5.74) is 0.868. The van der Waals surface area contributed by atoms with Gasteiger partial charge in [-0.15, -0.1) is 0 Å². The molecule has 2 heterocycles. The van der Waals surface area contributed by atoms with Crippen LogP contribution in [0.15, 0.2) is 24.3 Å². The fraction of sp³-hybridized carbons (Fsp3) is 0.533. The Kier molecular flexibility index (Phi) is 4.06. The van der Waals surface area contributed by atoms with Crippen molar-refractivity contribution in [2.75, 3.05) is 0 Å². The van der Waals surface area contributed by atoms with E-state index in [-0.39, 0.29) is 30.2 Å². The van der Waals surface area contributed by atoms with Gasteiger partial charge in [0.25, 0.3) is 0 Å². The second-order valence-corrected chi connectivity index (χ2v) is 5.48. The largest absolute Gasteiger partial charge is 0.459 e. The highest BCUT2D eigenvalue weighted by atomic mass is 16.6. The minimum atomic E-state index is -0.420. The van der Waals surface area contributed by atoms with Crippen molar-refractivity contribution in [3.8, 4) is 0 Å². The van der Waals surface area contributed by atoms with Crippen LogP contribution >= 0.6 is 0 Å². The van der Waals surface area contributed by atoms with Crippen LogP contribution in [0.1, 0.15) is 32.6 Å². The summed E-state index contributed by atoms with van der Waals surface area (Å²) < 4.78 is 10.1. The number of rotatable bonds is 5. The molecule has 108 valence electrons. The molecule has 0 N–H and O–H groups in total. The normalized spacial score (nSPS) is 27.4. The maximum absolute atomic E-state index is 12.1. The Morgan fingerprint density at radius 2 is 1.65 bits per heavy atom. The van der Waals surface area contributed by atoms with E-state index in [1.807, 2.05) is 0 Å². The Balaban J connectivity index is 1.81. The van der Waals surface area contributed by atoms with Gasteiger partial charge < -0.3 is 9.47 Å². The van der Waals surface area contributed by atoms with Gasteiger partial charge in [-0.2, -0.15) is 0 Å². The fourth-order valence-electron chi connectivity index (χ4n) is 2.47. The van der Waals surface area contributed by atoms with Gasteiger partial charge in [-0.25, -0.2) is 9.59 Å². The van der Waals surface area contributed by atoms with Gasteiger partial charge >= 0.3 is 11.9 Å². The van der Waals surface area contributed by atoms with Crippen LogP contribution in [0.25, 0.3) is 0 Å². The number of cyclic esters (lactones) is 2. The SMILES string of the molecule is C=C1CC(CC(=O)C(C)CC2CC(=C)C(=O)O2)OC1=O. The summed E-state index contributed by atoms with van der Waals surface area (Å²) in [5, 5.41) is 0. The van der Waals surface area contributed by atoms with E-state index in [4.69, 9.17) is 9.47 Å². The minimum absolute atomic E-state index is 0.00561. The van der Waals surface area contributed by atoms with Gasteiger partial charge in [0.1, 0.15) is 18.0 Å². The van der Waals surface area contributed by atoms with Gasteiger partial charge in [0, 0.05) is 36.3 Å². The van der Waals surface area contributed by atoms with Gasteiger partial charge in [-0.1, -0.05) is 20.1 Å². The highest BCUT2D eigenvalue weighted by Gasteiger charge is 2.33. The minimum Gasteiger partial charge on any atom is -0.459 e. The molecule has 0 amide bonds. The fourth-order valence-corrected chi connectivity index (χ4v) is 2.47. The predicted molar refractivity (Wildman–Crippen MR) is 70.7 cm³/mol. The number of esters is 2. The number of carbonyl (C=O) groups is 3. The summed E-state index contributed by atoms with van der Waals surface area (Å²) in [6.45, 7) is 8.99. The van der Waals surface area contributed by atoms with Crippen LogP contribution in [0.4, 0.5) is 0 Å². The Labute approximate surface area is 117 Å². The molecule has 0 aromatic heterocycles. The lowest BCUT2D eigenvalue weighted by atomic mass is 9.93. The monoisotopic (exact) mass is 278 g/mol. The van der Waals surface area contributed by atoms with Crippen molar-refractivity contribution in [1.29, 1.82) is 0 Å². The van der Waals surface area contributed by atoms with Gasteiger partial charge in [-0.05, 0) is 6.42 Å². The zero-order valence-electron chi connectivity index (χ0n) is 11.5. The molecule has 0 bridgehead atoms. The topological polar surface area (TPSA) is 69.7 Å². The average Bonchev–Trinajstić information content (AvgIpc) is 2.83. The number of ether oxygens (including phenoxy) is 2. The van der Waals surface area contributed by atoms with Gasteiger partial charge in [0.05, 0.1) is 0 Å². The van der Waals surface area contributed by atoms with Gasteiger partial charge in [-0.3, -0.25) is 4.79 Å². The molecule has 0 spiro atoms. The first-order valence-electron chi connectivity index (χ1n) is 6.67. The van der Waals surface area contributed by atoms with Crippen molar-refractivity contribution in [2.45, 2.75) is 44.8 Å². The molecule has 0 radical (unpaired) electrons. The number of hydrogen-bond acceptors (Lipinski definition) is 5. The summed E-state index contributed by atoms with van der Waals surface area (Å²) in [5.74, 6) is -1.04. The van der Waals surface area contributed by atoms with Crippen molar-refractivity contribution in [1.82, 2.24) is 0 Å². The Morgan fingerprint density at radius 3 is 2.10 bits per heavy atom. The van der Waals surface area contributed by atoms with Crippen LogP contribution < -0.4 is 0 Å². The first kappa shape index (κ1) is 14.5. The molecule has 2 aliphatic rings. The van der Waals surface area contributed by atoms with E-state index in [0.29, 0.717) is 30.4 Å². The molecule has 5 nitrogen and oxygen atoms in total. The number of carbonyl (C=O) groups excluding carboxylic acids is 3. The van der Waals surface area contributed by atoms with Crippen molar-refractivity contribution in [2.24, 2.45) is 5.92 Å². The lowest BCUT2D eigenvalue weighted by molar-refractivity contribution is -0.142. The van der Waals surface area contributed by atoms with Gasteiger partial charge in [0.2, 0.25) is 0 Å². The number of ketones is 1. The zero-order chi connectivity index (χ0) is 14.9. The molecule has 20 heavy (non-hydrogen) atoms. The second kappa shape index (κ2) is 5.61. The Bertz CT molecular complexity index is 458. The molecular weight excluding hydrogens is 260 g/mol. The van der Waals surface area contributed by atoms with E-state index in [0.717, 1.165) is 0 Å². The van der Waals surface area contributed by atoms with Crippen molar-refractivity contribution < 1.29 is 23.9 Å². The third-order valence-corrected chi connectivity index (χ3v) is 3.67. The first-order chi connectivity index (χ1) is 9.36. The van der Waals surface area contributed by atoms with E-state index >= 15 is 0 Å². The number of hydrogen-bond donors (Lipinski definition) is 0. The zero-order valence-corrected chi connectivity index (χ0v) is 11.5. The molecule has 2 rings (SSSR count). The Hall–Kier alpha value is -1.91. The van der Waals surface area contributed by atoms with E-state index < -0.39 is 12.1 Å². The summed E-state index contributed by atoms with van der Waals surface area (Å²) in [7, 11) is 0. The van der Waals surface area contributed by atoms with E-state index in [9.17, 15) is 14.4 Å². The molecule has 3 atom stereocenters. The third-order valence-electron chi connectivity index (χ3n) is 3.67. The molecule has 0 aliphatic carbocycles. The highest BCUT2D eigenvalue weighted by Crippen LogP contribution is 2.27. The van der Waals surface area contributed by atoms with Gasteiger partial charge in [0.15, 0.2) is 0 Å². The van der Waals surface area contributed by atoms with Crippen molar-refractivity contribution in [3.63, 3.8) is 0 Å². The summed E-state index contributed by atoms with van der Waals surface area (Å²) in [6, 6.07) is 0. The highest BCUT2D eigenvalue weighted by molar-refractivity contribution is 5.91. The summed E-state index contributed by atoms with van der Waals surface area (Å²) >= 11 is 0. The first-order valence-corrected chi connectivity index (χ1v) is 6.67. The van der Waals surface area contributed by atoms with Crippen LogP contribution in [-0.2, 0) is 23.9 Å². The molecule has 5 heteroatoms. The van der Waals surface area contributed by atoms with E-state index in [1.54, 1.807) is 6.92 Å². The molecular formula is C15H18O5. The summed E-state index contributed by atoms with van der Waals surface area (Å²) in [6.07, 6.45) is 0.887. The molecule has 3 unspecified atom stereocenters. The average molecular weight is 278 g/mol. The predicted octanol–water partition coefficient (Wildman–Crippen LogP) is 1.72. The smallest absolute Gasteiger partial charge is 0.333 e. The maximum atomic E-state index is 12.1.